The summed E-state index contributed by atoms with van der Waals surface area (Å²) in [7, 11) is 0. The molecule has 0 amide bonds. The number of aromatic nitrogens is 6. The lowest BCUT2D eigenvalue weighted by atomic mass is 10.2. The van der Waals surface area contributed by atoms with Crippen molar-refractivity contribution in [2.75, 3.05) is 5.32 Å². The van der Waals surface area contributed by atoms with Crippen LogP contribution in [0.5, 0.6) is 0 Å². The molecule has 4 heterocycles. The van der Waals surface area contributed by atoms with Crippen LogP contribution in [0.2, 0.25) is 0 Å². The fraction of sp³-hybridized carbons (Fsp3) is 0.111. The minimum Gasteiger partial charge on any atom is -0.361 e. The maximum atomic E-state index is 5.14. The largest absolute Gasteiger partial charge is 0.361 e. The fourth-order valence-corrected chi connectivity index (χ4v) is 3.06. The van der Waals surface area contributed by atoms with E-state index in [1.165, 1.54) is 0 Å². The summed E-state index contributed by atoms with van der Waals surface area (Å²) in [5.41, 5.74) is 4.29. The van der Waals surface area contributed by atoms with E-state index in [9.17, 15) is 0 Å². The first-order chi connectivity index (χ1) is 12.8. The predicted molar refractivity (Wildman–Crippen MR) is 97.2 cm³/mol. The van der Waals surface area contributed by atoms with E-state index >= 15 is 0 Å². The van der Waals surface area contributed by atoms with E-state index in [-0.39, 0.29) is 0 Å². The van der Waals surface area contributed by atoms with Gasteiger partial charge in [0.2, 0.25) is 5.65 Å². The highest BCUT2D eigenvalue weighted by Crippen LogP contribution is 2.25. The van der Waals surface area contributed by atoms with E-state index in [1.807, 2.05) is 19.1 Å². The number of aromatic amines is 1. The van der Waals surface area contributed by atoms with Crippen molar-refractivity contribution in [2.45, 2.75) is 13.5 Å². The van der Waals surface area contributed by atoms with Crippen molar-refractivity contribution in [3.8, 4) is 0 Å². The van der Waals surface area contributed by atoms with Gasteiger partial charge in [-0.25, -0.2) is 9.97 Å². The molecule has 128 valence electrons. The number of benzene rings is 1. The zero-order chi connectivity index (χ0) is 17.5. The second kappa shape index (κ2) is 5.69. The molecule has 0 saturated heterocycles. The summed E-state index contributed by atoms with van der Waals surface area (Å²) in [4.78, 5) is 8.49. The molecule has 0 saturated carbocycles. The van der Waals surface area contributed by atoms with Gasteiger partial charge in [-0.3, -0.25) is 5.10 Å². The van der Waals surface area contributed by atoms with Crippen LogP contribution >= 0.6 is 0 Å². The van der Waals surface area contributed by atoms with Gasteiger partial charge in [-0.05, 0) is 31.2 Å². The molecular formula is C18H15N7O. The zero-order valence-corrected chi connectivity index (χ0v) is 14.0. The molecule has 5 aromatic rings. The van der Waals surface area contributed by atoms with Gasteiger partial charge in [0, 0.05) is 41.2 Å². The summed E-state index contributed by atoms with van der Waals surface area (Å²) < 4.78 is 7.29. The second-order valence-corrected chi connectivity index (χ2v) is 6.10. The van der Waals surface area contributed by atoms with E-state index in [2.05, 4.69) is 59.6 Å². The number of nitrogens with one attached hydrogen (secondary N) is 2. The van der Waals surface area contributed by atoms with Crippen LogP contribution in [0.15, 0.2) is 53.4 Å². The van der Waals surface area contributed by atoms with Crippen molar-refractivity contribution >= 4 is 33.6 Å². The second-order valence-electron chi connectivity index (χ2n) is 6.10. The van der Waals surface area contributed by atoms with Crippen LogP contribution in [0, 0.1) is 6.92 Å². The molecule has 4 aromatic heterocycles. The van der Waals surface area contributed by atoms with Crippen molar-refractivity contribution in [2.24, 2.45) is 0 Å². The highest BCUT2D eigenvalue weighted by Gasteiger charge is 2.09. The quantitative estimate of drug-likeness (QED) is 0.518. The Bertz CT molecular complexity index is 1220. The van der Waals surface area contributed by atoms with Gasteiger partial charge >= 0.3 is 0 Å². The highest BCUT2D eigenvalue weighted by atomic mass is 16.5. The molecule has 0 fully saturated rings. The van der Waals surface area contributed by atoms with Gasteiger partial charge in [-0.1, -0.05) is 5.16 Å². The van der Waals surface area contributed by atoms with Gasteiger partial charge in [0.05, 0.1) is 6.54 Å². The van der Waals surface area contributed by atoms with Crippen LogP contribution < -0.4 is 5.32 Å². The average molecular weight is 345 g/mol. The standard InChI is InChI=1S/C18H15N7O/c1-11-8-14(24-26-11)10-25-7-4-12-9-13(2-3-15(12)25)21-18-16-17(22-23-18)20-6-5-19-16/h2-9H,10H2,1H3,(H2,20,21,22,23). The molecule has 0 atom stereocenters. The van der Waals surface area contributed by atoms with Gasteiger partial charge in [-0.2, -0.15) is 5.10 Å². The molecule has 0 spiro atoms. The Morgan fingerprint density at radius 1 is 1.15 bits per heavy atom. The summed E-state index contributed by atoms with van der Waals surface area (Å²) in [6.45, 7) is 2.57. The molecule has 0 aliphatic heterocycles. The lowest BCUT2D eigenvalue weighted by molar-refractivity contribution is 0.389. The lowest BCUT2D eigenvalue weighted by Crippen LogP contribution is -1.98. The number of rotatable bonds is 4. The number of nitrogens with zero attached hydrogens (tertiary/aromatic N) is 5. The number of H-pyrrole nitrogens is 1. The number of hydrogen-bond donors (Lipinski definition) is 2. The van der Waals surface area contributed by atoms with Crippen molar-refractivity contribution in [1.29, 1.82) is 0 Å². The molecule has 0 aliphatic carbocycles. The molecule has 0 aliphatic rings. The average Bonchev–Trinajstić information content (AvgIpc) is 3.36. The van der Waals surface area contributed by atoms with Gasteiger partial charge in [-0.15, -0.1) is 0 Å². The Hall–Kier alpha value is -3.68. The van der Waals surface area contributed by atoms with E-state index in [1.54, 1.807) is 12.4 Å². The van der Waals surface area contributed by atoms with Crippen LogP contribution in [0.1, 0.15) is 11.5 Å². The van der Waals surface area contributed by atoms with E-state index in [0.29, 0.717) is 17.7 Å². The van der Waals surface area contributed by atoms with Gasteiger partial charge in [0.15, 0.2) is 11.3 Å². The Morgan fingerprint density at radius 3 is 2.96 bits per heavy atom. The molecule has 8 nitrogen and oxygen atoms in total. The molecule has 8 heteroatoms. The Balaban J connectivity index is 1.45. The summed E-state index contributed by atoms with van der Waals surface area (Å²) in [6.07, 6.45) is 5.32. The molecule has 0 unspecified atom stereocenters. The van der Waals surface area contributed by atoms with Crippen LogP contribution in [-0.4, -0.2) is 29.9 Å². The SMILES string of the molecule is Cc1cc(Cn2ccc3cc(Nc4[nH]nc5nccnc45)ccc32)no1. The van der Waals surface area contributed by atoms with Crippen LogP contribution in [0.4, 0.5) is 11.5 Å². The third-order valence-corrected chi connectivity index (χ3v) is 4.24. The molecule has 2 N–H and O–H groups in total. The first kappa shape index (κ1) is 14.6. The van der Waals surface area contributed by atoms with E-state index in [4.69, 9.17) is 4.52 Å². The molecule has 0 bridgehead atoms. The molecule has 1 aromatic carbocycles. The monoisotopic (exact) mass is 345 g/mol. The van der Waals surface area contributed by atoms with Crippen molar-refractivity contribution in [3.05, 3.63) is 60.4 Å². The molecule has 26 heavy (non-hydrogen) atoms. The lowest BCUT2D eigenvalue weighted by Gasteiger charge is -2.06. The molecular weight excluding hydrogens is 330 g/mol. The van der Waals surface area contributed by atoms with Crippen LogP contribution in [0.3, 0.4) is 0 Å². The Morgan fingerprint density at radius 2 is 2.08 bits per heavy atom. The summed E-state index contributed by atoms with van der Waals surface area (Å²) >= 11 is 0. The number of aryl methyl sites for hydroxylation is 1. The fourth-order valence-electron chi connectivity index (χ4n) is 3.06. The Kier molecular flexibility index (Phi) is 3.21. The topological polar surface area (TPSA) is 97.5 Å². The maximum Gasteiger partial charge on any atom is 0.201 e. The summed E-state index contributed by atoms with van der Waals surface area (Å²) in [5, 5.41) is 15.6. The van der Waals surface area contributed by atoms with Gasteiger partial charge in [0.1, 0.15) is 11.5 Å². The van der Waals surface area contributed by atoms with Crippen molar-refractivity contribution in [3.63, 3.8) is 0 Å². The third-order valence-electron chi connectivity index (χ3n) is 4.24. The van der Waals surface area contributed by atoms with Gasteiger partial charge in [0.25, 0.3) is 0 Å². The summed E-state index contributed by atoms with van der Waals surface area (Å²) in [5.74, 6) is 1.54. The third kappa shape index (κ3) is 2.48. The smallest absolute Gasteiger partial charge is 0.201 e. The number of anilines is 2. The number of hydrogen-bond acceptors (Lipinski definition) is 6. The highest BCUT2D eigenvalue weighted by molar-refractivity contribution is 5.88. The molecule has 5 rings (SSSR count). The van der Waals surface area contributed by atoms with Crippen LogP contribution in [-0.2, 0) is 6.54 Å². The first-order valence-electron chi connectivity index (χ1n) is 8.19. The van der Waals surface area contributed by atoms with E-state index < -0.39 is 0 Å². The normalized spacial score (nSPS) is 11.4. The van der Waals surface area contributed by atoms with E-state index in [0.717, 1.165) is 33.9 Å². The van der Waals surface area contributed by atoms with Crippen LogP contribution in [0.25, 0.3) is 22.1 Å². The minimum atomic E-state index is 0.588. The minimum absolute atomic E-state index is 0.588. The number of fused-ring (bicyclic) bond motifs is 2. The maximum absolute atomic E-state index is 5.14. The first-order valence-corrected chi connectivity index (χ1v) is 8.19. The Labute approximate surface area is 147 Å². The van der Waals surface area contributed by atoms with Gasteiger partial charge < -0.3 is 14.4 Å². The predicted octanol–water partition coefficient (Wildman–Crippen LogP) is 3.40. The zero-order valence-electron chi connectivity index (χ0n) is 14.0. The van der Waals surface area contributed by atoms with Crippen molar-refractivity contribution in [1.82, 2.24) is 29.9 Å². The van der Waals surface area contributed by atoms with Crippen molar-refractivity contribution < 1.29 is 4.52 Å². The summed E-state index contributed by atoms with van der Waals surface area (Å²) in [6, 6.07) is 10.2. The molecule has 0 radical (unpaired) electrons.